The van der Waals surface area contributed by atoms with Gasteiger partial charge in [-0.3, -0.25) is 0 Å². The molecule has 1 unspecified atom stereocenters. The van der Waals surface area contributed by atoms with E-state index in [0.29, 0.717) is 0 Å². The SMILES string of the molecule is c1ccc(-c2ccccc2N(c2ccc3c(c2)C(c2ccccc2)(c2ccccc2)c2ccccc2-3)c2ccc(-c3ccc4c(c3)C3(c5ccccc5-4)c4ccccc4-n4c5ccccc5c5cccc3c54)c3ccccc23)cc1. The highest BCUT2D eigenvalue weighted by atomic mass is 15.1. The third-order valence-electron chi connectivity index (χ3n) is 18.1. The molecule has 3 aliphatic rings. The van der Waals surface area contributed by atoms with Gasteiger partial charge in [0.2, 0.25) is 0 Å². The van der Waals surface area contributed by atoms with Crippen LogP contribution in [0, 0.1) is 0 Å². The first-order chi connectivity index (χ1) is 39.7. The summed E-state index contributed by atoms with van der Waals surface area (Å²) in [6.45, 7) is 0. The second-order valence-corrected chi connectivity index (χ2v) is 21.8. The molecule has 2 nitrogen and oxygen atoms in total. The molecule has 0 saturated carbocycles. The van der Waals surface area contributed by atoms with Crippen molar-refractivity contribution in [2.75, 3.05) is 4.90 Å². The summed E-state index contributed by atoms with van der Waals surface area (Å²) in [5.41, 5.74) is 26.1. The second kappa shape index (κ2) is 17.1. The van der Waals surface area contributed by atoms with Gasteiger partial charge in [0.05, 0.1) is 38.9 Å². The molecule has 1 aromatic heterocycles. The minimum Gasteiger partial charge on any atom is -0.309 e. The van der Waals surface area contributed by atoms with Crippen molar-refractivity contribution in [3.8, 4) is 50.2 Å². The molecule has 13 aromatic carbocycles. The van der Waals surface area contributed by atoms with Crippen molar-refractivity contribution in [3.63, 3.8) is 0 Å². The van der Waals surface area contributed by atoms with Gasteiger partial charge in [0, 0.05) is 27.4 Å². The van der Waals surface area contributed by atoms with E-state index in [0.717, 1.165) is 22.6 Å². The number of rotatable bonds is 7. The number of anilines is 3. The average Bonchev–Trinajstić information content (AvgIpc) is 3.10. The summed E-state index contributed by atoms with van der Waals surface area (Å²) in [6, 6.07) is 114. The van der Waals surface area contributed by atoms with Crippen LogP contribution < -0.4 is 4.90 Å². The second-order valence-electron chi connectivity index (χ2n) is 21.8. The van der Waals surface area contributed by atoms with Crippen LogP contribution in [0.4, 0.5) is 17.1 Å². The molecule has 0 saturated heterocycles. The summed E-state index contributed by atoms with van der Waals surface area (Å²) in [5.74, 6) is 0. The summed E-state index contributed by atoms with van der Waals surface area (Å²) in [5, 5.41) is 4.93. The first-order valence-electron chi connectivity index (χ1n) is 27.9. The number of para-hydroxylation sites is 4. The Balaban J connectivity index is 0.907. The summed E-state index contributed by atoms with van der Waals surface area (Å²) >= 11 is 0. The molecule has 1 atom stereocenters. The minimum absolute atomic E-state index is 0.557. The highest BCUT2D eigenvalue weighted by Gasteiger charge is 2.51. The third-order valence-corrected chi connectivity index (χ3v) is 18.1. The van der Waals surface area contributed by atoms with Crippen LogP contribution in [0.5, 0.6) is 0 Å². The Labute approximate surface area is 465 Å². The van der Waals surface area contributed by atoms with Crippen LogP contribution in [0.3, 0.4) is 0 Å². The molecular formula is C78H50N2. The highest BCUT2D eigenvalue weighted by molar-refractivity contribution is 6.13. The maximum Gasteiger partial charge on any atom is 0.0754 e. The van der Waals surface area contributed by atoms with Gasteiger partial charge in [-0.15, -0.1) is 0 Å². The van der Waals surface area contributed by atoms with E-state index in [4.69, 9.17) is 0 Å². The predicted octanol–water partition coefficient (Wildman–Crippen LogP) is 19.8. The Morgan fingerprint density at radius 3 is 1.51 bits per heavy atom. The molecule has 1 aliphatic heterocycles. The van der Waals surface area contributed by atoms with Gasteiger partial charge in [0.25, 0.3) is 0 Å². The Morgan fingerprint density at radius 1 is 0.263 bits per heavy atom. The zero-order valence-corrected chi connectivity index (χ0v) is 43.8. The van der Waals surface area contributed by atoms with E-state index in [1.807, 2.05) is 0 Å². The largest absolute Gasteiger partial charge is 0.309 e. The number of hydrogen-bond acceptors (Lipinski definition) is 1. The zero-order chi connectivity index (χ0) is 52.5. The van der Waals surface area contributed by atoms with Crippen molar-refractivity contribution in [1.29, 1.82) is 0 Å². The summed E-state index contributed by atoms with van der Waals surface area (Å²) in [7, 11) is 0. The van der Waals surface area contributed by atoms with Gasteiger partial charge in [-0.1, -0.05) is 261 Å². The molecule has 2 heterocycles. The lowest BCUT2D eigenvalue weighted by Gasteiger charge is -2.39. The van der Waals surface area contributed by atoms with Crippen LogP contribution in [0.25, 0.3) is 82.8 Å². The molecule has 0 amide bonds. The molecule has 0 radical (unpaired) electrons. The lowest BCUT2D eigenvalue weighted by molar-refractivity contribution is 0.749. The third kappa shape index (κ3) is 5.97. The van der Waals surface area contributed by atoms with Crippen molar-refractivity contribution in [1.82, 2.24) is 4.57 Å². The van der Waals surface area contributed by atoms with Gasteiger partial charge in [-0.05, 0) is 131 Å². The first-order valence-corrected chi connectivity index (χ1v) is 27.9. The monoisotopic (exact) mass is 1010 g/mol. The smallest absolute Gasteiger partial charge is 0.0754 e. The van der Waals surface area contributed by atoms with Crippen molar-refractivity contribution < 1.29 is 0 Å². The van der Waals surface area contributed by atoms with Gasteiger partial charge in [0.1, 0.15) is 0 Å². The van der Waals surface area contributed by atoms with Gasteiger partial charge in [-0.25, -0.2) is 0 Å². The maximum atomic E-state index is 2.54. The number of aromatic nitrogens is 1. The van der Waals surface area contributed by atoms with Gasteiger partial charge < -0.3 is 9.47 Å². The van der Waals surface area contributed by atoms with Crippen LogP contribution in [0.15, 0.2) is 303 Å². The lowest BCUT2D eigenvalue weighted by atomic mass is 9.65. The van der Waals surface area contributed by atoms with E-state index >= 15 is 0 Å². The summed E-state index contributed by atoms with van der Waals surface area (Å²) in [6.07, 6.45) is 0. The number of benzene rings is 13. The molecule has 17 rings (SSSR count). The van der Waals surface area contributed by atoms with Crippen LogP contribution in [-0.2, 0) is 10.8 Å². The quantitative estimate of drug-likeness (QED) is 0.154. The first kappa shape index (κ1) is 44.8. The Hall–Kier alpha value is -10.3. The molecule has 0 N–H and O–H groups in total. The minimum atomic E-state index is -0.563. The molecule has 80 heavy (non-hydrogen) atoms. The van der Waals surface area contributed by atoms with Crippen molar-refractivity contribution in [2.45, 2.75) is 10.8 Å². The van der Waals surface area contributed by atoms with Crippen molar-refractivity contribution >= 4 is 49.6 Å². The molecule has 14 aromatic rings. The fraction of sp³-hybridized carbons (Fsp3) is 0.0256. The van der Waals surface area contributed by atoms with Crippen LogP contribution in [0.1, 0.15) is 44.5 Å². The molecule has 2 heteroatoms. The Kier molecular flexibility index (Phi) is 9.58. The standard InChI is InChI=1S/C78H50N2/c1-4-23-51(24-5-1)57-29-14-19-40-72(57)79(55-44-46-62-59-31-12-16-36-66(59)77(71(62)50-55,53-25-6-2-7-26-53)54-27-8-3-9-28-54)74-48-47-56(58-30-10-11-33-63(58)74)52-43-45-61-60-32-13-17-37-67(60)78(70(61)49-52)68-38-18-21-42-75(68)80-73-41-20-15-34-64(73)65-35-22-39-69(78)76(65)80/h1-50H. The van der Waals surface area contributed by atoms with Crippen LogP contribution in [-0.4, -0.2) is 4.57 Å². The summed E-state index contributed by atoms with van der Waals surface area (Å²) in [4.78, 5) is 2.53. The van der Waals surface area contributed by atoms with Crippen molar-refractivity contribution in [3.05, 3.63) is 348 Å². The van der Waals surface area contributed by atoms with Crippen LogP contribution >= 0.6 is 0 Å². The van der Waals surface area contributed by atoms with E-state index in [1.165, 1.54) is 122 Å². The van der Waals surface area contributed by atoms with E-state index in [2.05, 4.69) is 313 Å². The Bertz CT molecular complexity index is 4800. The van der Waals surface area contributed by atoms with E-state index in [9.17, 15) is 0 Å². The van der Waals surface area contributed by atoms with E-state index < -0.39 is 10.8 Å². The number of fused-ring (bicyclic) bond motifs is 16. The van der Waals surface area contributed by atoms with Gasteiger partial charge in [0.15, 0.2) is 0 Å². The molecule has 0 bridgehead atoms. The number of nitrogens with zero attached hydrogens (tertiary/aromatic N) is 2. The normalized spacial score (nSPS) is 14.9. The molecule has 1 spiro atoms. The lowest BCUT2D eigenvalue weighted by Crippen LogP contribution is -2.33. The fourth-order valence-corrected chi connectivity index (χ4v) is 15.0. The predicted molar refractivity (Wildman–Crippen MR) is 332 cm³/mol. The molecular weight excluding hydrogens is 965 g/mol. The Morgan fingerprint density at radius 2 is 0.775 bits per heavy atom. The zero-order valence-electron chi connectivity index (χ0n) is 43.8. The van der Waals surface area contributed by atoms with Crippen molar-refractivity contribution in [2.24, 2.45) is 0 Å². The number of hydrogen-bond donors (Lipinski definition) is 0. The van der Waals surface area contributed by atoms with Gasteiger partial charge >= 0.3 is 0 Å². The van der Waals surface area contributed by atoms with Gasteiger partial charge in [-0.2, -0.15) is 0 Å². The molecule has 2 aliphatic carbocycles. The highest BCUT2D eigenvalue weighted by Crippen LogP contribution is 2.62. The molecule has 0 fully saturated rings. The summed E-state index contributed by atoms with van der Waals surface area (Å²) < 4.78 is 2.53. The topological polar surface area (TPSA) is 8.17 Å². The van der Waals surface area contributed by atoms with E-state index in [1.54, 1.807) is 0 Å². The maximum absolute atomic E-state index is 2.54. The fourth-order valence-electron chi connectivity index (χ4n) is 15.0. The molecule has 372 valence electrons. The van der Waals surface area contributed by atoms with E-state index in [-0.39, 0.29) is 0 Å². The average molecular weight is 1020 g/mol. The van der Waals surface area contributed by atoms with Crippen LogP contribution in [0.2, 0.25) is 0 Å².